The number of amidine groups is 1. The second kappa shape index (κ2) is 6.14. The first-order valence-corrected chi connectivity index (χ1v) is 7.75. The van der Waals surface area contributed by atoms with E-state index in [0.717, 1.165) is 12.1 Å². The van der Waals surface area contributed by atoms with E-state index >= 15 is 0 Å². The molecular weight excluding hydrogens is 280 g/mol. The number of aryl methyl sites for hydroxylation is 1. The topological polar surface area (TPSA) is 41.5 Å². The molecule has 0 bridgehead atoms. The smallest absolute Gasteiger partial charge is 0.239 e. The normalized spacial score (nSPS) is 19.8. The fourth-order valence-electron chi connectivity index (χ4n) is 2.27. The number of carbonyl (C=O) groups is 1. The lowest BCUT2D eigenvalue weighted by Gasteiger charge is -2.05. The lowest BCUT2D eigenvalue weighted by Crippen LogP contribution is -2.25. The van der Waals surface area contributed by atoms with Gasteiger partial charge in [-0.25, -0.2) is 4.99 Å². The lowest BCUT2D eigenvalue weighted by molar-refractivity contribution is -0.118. The number of nitrogens with zero attached hydrogens (tertiary/aromatic N) is 1. The highest BCUT2D eigenvalue weighted by Crippen LogP contribution is 2.25. The molecule has 2 aromatic rings. The molecule has 3 rings (SSSR count). The molecule has 0 saturated carbocycles. The van der Waals surface area contributed by atoms with Crippen molar-refractivity contribution in [3.63, 3.8) is 0 Å². The molecular formula is C17H16N2OS. The summed E-state index contributed by atoms with van der Waals surface area (Å²) in [4.78, 5) is 16.5. The van der Waals surface area contributed by atoms with Crippen molar-refractivity contribution in [3.05, 3.63) is 65.7 Å². The lowest BCUT2D eigenvalue weighted by atomic mass is 10.1. The van der Waals surface area contributed by atoms with Crippen LogP contribution in [0, 0.1) is 6.92 Å². The maximum absolute atomic E-state index is 12.1. The van der Waals surface area contributed by atoms with Crippen LogP contribution < -0.4 is 5.32 Å². The highest BCUT2D eigenvalue weighted by Gasteiger charge is 2.30. The maximum Gasteiger partial charge on any atom is 0.239 e. The molecule has 106 valence electrons. The molecule has 1 aliphatic rings. The maximum atomic E-state index is 12.1. The van der Waals surface area contributed by atoms with Crippen LogP contribution in [0.3, 0.4) is 0 Å². The van der Waals surface area contributed by atoms with Gasteiger partial charge in [-0.1, -0.05) is 59.8 Å². The molecule has 1 heterocycles. The van der Waals surface area contributed by atoms with Crippen LogP contribution in [0.15, 0.2) is 59.6 Å². The Kier molecular flexibility index (Phi) is 4.06. The summed E-state index contributed by atoms with van der Waals surface area (Å²) >= 11 is 1.50. The van der Waals surface area contributed by atoms with Gasteiger partial charge in [-0.05, 0) is 31.0 Å². The number of amides is 1. The van der Waals surface area contributed by atoms with Crippen molar-refractivity contribution in [1.82, 2.24) is 5.32 Å². The Morgan fingerprint density at radius 2 is 1.95 bits per heavy atom. The zero-order chi connectivity index (χ0) is 14.7. The number of carbonyl (C=O) groups excluding carboxylic acids is 1. The molecule has 4 heteroatoms. The Morgan fingerprint density at radius 3 is 2.71 bits per heavy atom. The predicted molar refractivity (Wildman–Crippen MR) is 87.9 cm³/mol. The zero-order valence-corrected chi connectivity index (χ0v) is 12.6. The van der Waals surface area contributed by atoms with Gasteiger partial charge in [0.2, 0.25) is 5.91 Å². The molecule has 1 aliphatic heterocycles. The molecule has 0 radical (unpaired) electrons. The van der Waals surface area contributed by atoms with Crippen LogP contribution in [0.2, 0.25) is 0 Å². The van der Waals surface area contributed by atoms with E-state index in [-0.39, 0.29) is 11.2 Å². The highest BCUT2D eigenvalue weighted by atomic mass is 32.2. The van der Waals surface area contributed by atoms with Crippen molar-refractivity contribution in [2.75, 3.05) is 0 Å². The van der Waals surface area contributed by atoms with E-state index in [4.69, 9.17) is 0 Å². The predicted octanol–water partition coefficient (Wildman–Crippen LogP) is 3.46. The fraction of sp³-hybridized carbons (Fsp3) is 0.176. The van der Waals surface area contributed by atoms with E-state index in [1.807, 2.05) is 36.4 Å². The van der Waals surface area contributed by atoms with E-state index in [0.29, 0.717) is 5.17 Å². The second-order valence-corrected chi connectivity index (χ2v) is 6.23. The summed E-state index contributed by atoms with van der Waals surface area (Å²) in [5.41, 5.74) is 3.26. The molecule has 0 spiro atoms. The van der Waals surface area contributed by atoms with Gasteiger partial charge < -0.3 is 5.32 Å². The summed E-state index contributed by atoms with van der Waals surface area (Å²) in [7, 11) is 0. The first-order valence-electron chi connectivity index (χ1n) is 6.87. The van der Waals surface area contributed by atoms with E-state index in [1.54, 1.807) is 0 Å². The van der Waals surface area contributed by atoms with Gasteiger partial charge in [-0.15, -0.1) is 0 Å². The van der Waals surface area contributed by atoms with E-state index in [1.165, 1.54) is 22.9 Å². The van der Waals surface area contributed by atoms with Gasteiger partial charge in [0, 0.05) is 0 Å². The summed E-state index contributed by atoms with van der Waals surface area (Å²) in [6.07, 6.45) is 0.728. The molecule has 1 fully saturated rings. The number of rotatable bonds is 3. The molecule has 0 aromatic heterocycles. The minimum Gasteiger partial charge on any atom is -0.304 e. The molecule has 0 unspecified atom stereocenters. The average Bonchev–Trinajstić information content (AvgIpc) is 2.80. The summed E-state index contributed by atoms with van der Waals surface area (Å²) in [5.74, 6) is 0.0381. The van der Waals surface area contributed by atoms with Crippen molar-refractivity contribution >= 4 is 28.5 Å². The number of aliphatic imine (C=N–C) groups is 1. The Labute approximate surface area is 128 Å². The van der Waals surface area contributed by atoms with Gasteiger partial charge in [0.15, 0.2) is 5.17 Å². The van der Waals surface area contributed by atoms with Gasteiger partial charge >= 0.3 is 0 Å². The minimum atomic E-state index is -0.103. The van der Waals surface area contributed by atoms with Crippen molar-refractivity contribution in [2.24, 2.45) is 4.99 Å². The van der Waals surface area contributed by atoms with Crippen LogP contribution in [-0.4, -0.2) is 16.3 Å². The summed E-state index contributed by atoms with van der Waals surface area (Å²) in [6, 6.07) is 17.9. The molecule has 21 heavy (non-hydrogen) atoms. The standard InChI is InChI=1S/C17H16N2OS/c1-12-6-5-7-13(10-12)11-15-16(20)19-17(21-15)18-14-8-3-2-4-9-14/h2-10,15H,11H2,1H3,(H,18,19,20)/t15-/m1/s1. The van der Waals surface area contributed by atoms with Gasteiger partial charge in [0.05, 0.1) is 10.9 Å². The molecule has 3 nitrogen and oxygen atoms in total. The summed E-state index contributed by atoms with van der Waals surface area (Å²) < 4.78 is 0. The van der Waals surface area contributed by atoms with Gasteiger partial charge in [-0.2, -0.15) is 0 Å². The molecule has 1 atom stereocenters. The average molecular weight is 296 g/mol. The zero-order valence-electron chi connectivity index (χ0n) is 11.7. The van der Waals surface area contributed by atoms with Crippen molar-refractivity contribution in [2.45, 2.75) is 18.6 Å². The van der Waals surface area contributed by atoms with Crippen LogP contribution in [-0.2, 0) is 11.2 Å². The second-order valence-electron chi connectivity index (χ2n) is 5.04. The van der Waals surface area contributed by atoms with Gasteiger partial charge in [0.1, 0.15) is 0 Å². The van der Waals surface area contributed by atoms with E-state index < -0.39 is 0 Å². The first-order chi connectivity index (χ1) is 10.2. The SMILES string of the molecule is Cc1cccc(C[C@H]2SC(=Nc3ccccc3)NC2=O)c1. The molecule has 2 aromatic carbocycles. The fourth-order valence-corrected chi connectivity index (χ4v) is 3.29. The third kappa shape index (κ3) is 3.52. The Bertz CT molecular complexity index is 682. The number of hydrogen-bond acceptors (Lipinski definition) is 3. The molecule has 1 amide bonds. The van der Waals surface area contributed by atoms with Crippen molar-refractivity contribution < 1.29 is 4.79 Å². The monoisotopic (exact) mass is 296 g/mol. The third-order valence-corrected chi connectivity index (χ3v) is 4.35. The Morgan fingerprint density at radius 1 is 1.14 bits per heavy atom. The number of para-hydroxylation sites is 1. The van der Waals surface area contributed by atoms with Crippen LogP contribution in [0.4, 0.5) is 5.69 Å². The Balaban J connectivity index is 1.72. The van der Waals surface area contributed by atoms with E-state index in [9.17, 15) is 4.79 Å². The summed E-state index contributed by atoms with van der Waals surface area (Å²) in [6.45, 7) is 2.06. The molecule has 0 aliphatic carbocycles. The van der Waals surface area contributed by atoms with Crippen LogP contribution in [0.1, 0.15) is 11.1 Å². The number of thioether (sulfide) groups is 1. The largest absolute Gasteiger partial charge is 0.304 e. The molecule has 1 saturated heterocycles. The summed E-state index contributed by atoms with van der Waals surface area (Å²) in [5, 5.41) is 3.44. The van der Waals surface area contributed by atoms with Crippen molar-refractivity contribution in [1.29, 1.82) is 0 Å². The van der Waals surface area contributed by atoms with Gasteiger partial charge in [0.25, 0.3) is 0 Å². The first kappa shape index (κ1) is 13.9. The number of benzene rings is 2. The van der Waals surface area contributed by atoms with Gasteiger partial charge in [-0.3, -0.25) is 4.79 Å². The van der Waals surface area contributed by atoms with Crippen LogP contribution in [0.25, 0.3) is 0 Å². The van der Waals surface area contributed by atoms with Crippen molar-refractivity contribution in [3.8, 4) is 0 Å². The van der Waals surface area contributed by atoms with E-state index in [2.05, 4.69) is 35.4 Å². The van der Waals surface area contributed by atoms with Crippen LogP contribution in [0.5, 0.6) is 0 Å². The number of nitrogens with one attached hydrogen (secondary N) is 1. The highest BCUT2D eigenvalue weighted by molar-refractivity contribution is 8.15. The molecule has 1 N–H and O–H groups in total. The quantitative estimate of drug-likeness (QED) is 0.942. The Hall–Kier alpha value is -2.07. The van der Waals surface area contributed by atoms with Crippen LogP contribution >= 0.6 is 11.8 Å². The number of hydrogen-bond donors (Lipinski definition) is 1. The minimum absolute atomic E-state index is 0.0381. The third-order valence-electron chi connectivity index (χ3n) is 3.27.